The number of amides is 1. The van der Waals surface area contributed by atoms with Gasteiger partial charge < -0.3 is 15.2 Å². The summed E-state index contributed by atoms with van der Waals surface area (Å²) in [5, 5.41) is 11.5. The number of rotatable bonds is 5. The lowest BCUT2D eigenvalue weighted by atomic mass is 10.2. The standard InChI is InChI=1S/C15H25NO5Si/c1-11(17)21-10-13(18)16-12(14(19)20)8-7-9-22(5,6)15(2,3)4/h12H,8,10H2,1-6H3,(H,16,18)(H,19,20)/t12-/m1/s1. The van der Waals surface area contributed by atoms with Crippen molar-refractivity contribution in [3.05, 3.63) is 0 Å². The summed E-state index contributed by atoms with van der Waals surface area (Å²) in [6.07, 6.45) is 0.0215. The molecule has 0 unspecified atom stereocenters. The van der Waals surface area contributed by atoms with E-state index < -0.39 is 38.6 Å². The van der Waals surface area contributed by atoms with Crippen LogP contribution in [0.1, 0.15) is 34.1 Å². The fourth-order valence-electron chi connectivity index (χ4n) is 1.16. The summed E-state index contributed by atoms with van der Waals surface area (Å²) in [7, 11) is -1.81. The molecule has 2 N–H and O–H groups in total. The van der Waals surface area contributed by atoms with Gasteiger partial charge in [0.05, 0.1) is 0 Å². The predicted molar refractivity (Wildman–Crippen MR) is 85.8 cm³/mol. The molecule has 0 rings (SSSR count). The monoisotopic (exact) mass is 327 g/mol. The molecule has 0 spiro atoms. The van der Waals surface area contributed by atoms with Gasteiger partial charge in [-0.3, -0.25) is 9.59 Å². The smallest absolute Gasteiger partial charge is 0.327 e. The fourth-order valence-corrected chi connectivity index (χ4v) is 2.08. The van der Waals surface area contributed by atoms with Gasteiger partial charge in [0.1, 0.15) is 14.1 Å². The Bertz CT molecular complexity index is 496. The quantitative estimate of drug-likeness (QED) is 0.454. The van der Waals surface area contributed by atoms with Crippen molar-refractivity contribution in [2.75, 3.05) is 6.61 Å². The summed E-state index contributed by atoms with van der Waals surface area (Å²) >= 11 is 0. The maximum Gasteiger partial charge on any atom is 0.327 e. The minimum absolute atomic E-state index is 0.0215. The Morgan fingerprint density at radius 1 is 1.27 bits per heavy atom. The molecule has 0 aromatic heterocycles. The maximum atomic E-state index is 11.5. The number of carboxylic acid groups (broad SMARTS) is 1. The van der Waals surface area contributed by atoms with E-state index >= 15 is 0 Å². The molecule has 0 radical (unpaired) electrons. The third-order valence-corrected chi connectivity index (χ3v) is 8.17. The van der Waals surface area contributed by atoms with Gasteiger partial charge in [0, 0.05) is 13.3 Å². The molecule has 1 atom stereocenters. The summed E-state index contributed by atoms with van der Waals surface area (Å²) in [6.45, 7) is 11.3. The highest BCUT2D eigenvalue weighted by molar-refractivity contribution is 6.87. The van der Waals surface area contributed by atoms with Crippen LogP contribution in [0.25, 0.3) is 0 Å². The molecule has 1 amide bonds. The van der Waals surface area contributed by atoms with E-state index in [1.807, 2.05) is 0 Å². The number of hydrogen-bond donors (Lipinski definition) is 2. The van der Waals surface area contributed by atoms with Crippen molar-refractivity contribution < 1.29 is 24.2 Å². The molecule has 0 heterocycles. The summed E-state index contributed by atoms with van der Waals surface area (Å²) in [6, 6.07) is -1.11. The van der Waals surface area contributed by atoms with Crippen molar-refractivity contribution in [3.8, 4) is 11.5 Å². The molecular formula is C15H25NO5Si. The zero-order valence-corrected chi connectivity index (χ0v) is 15.1. The number of ether oxygens (including phenoxy) is 1. The second-order valence-electron chi connectivity index (χ2n) is 6.62. The van der Waals surface area contributed by atoms with Crippen molar-refractivity contribution in [1.29, 1.82) is 0 Å². The first-order chi connectivity index (χ1) is 9.86. The van der Waals surface area contributed by atoms with Crippen LogP contribution < -0.4 is 5.32 Å². The number of carbonyl (C=O) groups is 3. The molecule has 124 valence electrons. The molecular weight excluding hydrogens is 302 g/mol. The van der Waals surface area contributed by atoms with Gasteiger partial charge in [0.2, 0.25) is 0 Å². The van der Waals surface area contributed by atoms with Crippen LogP contribution in [0.4, 0.5) is 0 Å². The number of carboxylic acids is 1. The van der Waals surface area contributed by atoms with E-state index in [1.54, 1.807) is 0 Å². The Morgan fingerprint density at radius 2 is 1.82 bits per heavy atom. The molecule has 0 aliphatic heterocycles. The van der Waals surface area contributed by atoms with Crippen LogP contribution in [-0.4, -0.2) is 43.7 Å². The van der Waals surface area contributed by atoms with E-state index in [2.05, 4.69) is 55.4 Å². The molecule has 0 saturated carbocycles. The summed E-state index contributed by atoms with van der Waals surface area (Å²) in [4.78, 5) is 33.2. The fraction of sp³-hybridized carbons (Fsp3) is 0.667. The van der Waals surface area contributed by atoms with Crippen LogP contribution in [0.2, 0.25) is 18.1 Å². The maximum absolute atomic E-state index is 11.5. The molecule has 0 aliphatic carbocycles. The lowest BCUT2D eigenvalue weighted by Crippen LogP contribution is -2.42. The van der Waals surface area contributed by atoms with Crippen LogP contribution in [0.3, 0.4) is 0 Å². The first-order valence-electron chi connectivity index (χ1n) is 7.02. The number of esters is 1. The van der Waals surface area contributed by atoms with Crippen LogP contribution in [-0.2, 0) is 19.1 Å². The Balaban J connectivity index is 4.73. The van der Waals surface area contributed by atoms with Gasteiger partial charge >= 0.3 is 11.9 Å². The highest BCUT2D eigenvalue weighted by Gasteiger charge is 2.33. The molecule has 0 aromatic carbocycles. The van der Waals surface area contributed by atoms with E-state index in [-0.39, 0.29) is 11.5 Å². The van der Waals surface area contributed by atoms with Crippen molar-refractivity contribution in [2.24, 2.45) is 0 Å². The normalized spacial score (nSPS) is 12.6. The van der Waals surface area contributed by atoms with Gasteiger partial charge in [-0.05, 0) is 5.04 Å². The highest BCUT2D eigenvalue weighted by atomic mass is 28.3. The van der Waals surface area contributed by atoms with Gasteiger partial charge in [-0.2, -0.15) is 0 Å². The van der Waals surface area contributed by atoms with E-state index in [0.717, 1.165) is 0 Å². The Hall–Kier alpha value is -1.81. The van der Waals surface area contributed by atoms with Crippen molar-refractivity contribution in [1.82, 2.24) is 5.32 Å². The zero-order valence-electron chi connectivity index (χ0n) is 14.1. The number of carbonyl (C=O) groups excluding carboxylic acids is 2. The number of hydrogen-bond acceptors (Lipinski definition) is 4. The second kappa shape index (κ2) is 7.99. The largest absolute Gasteiger partial charge is 0.480 e. The molecule has 0 bridgehead atoms. The highest BCUT2D eigenvalue weighted by Crippen LogP contribution is 2.35. The molecule has 0 saturated heterocycles. The van der Waals surface area contributed by atoms with Crippen LogP contribution in [0, 0.1) is 11.5 Å². The molecule has 0 aliphatic rings. The third-order valence-electron chi connectivity index (χ3n) is 3.62. The SMILES string of the molecule is CC(=O)OCC(=O)N[C@H](CC#C[Si](C)(C)C(C)(C)C)C(=O)O. The summed E-state index contributed by atoms with van der Waals surface area (Å²) in [5.41, 5.74) is 3.20. The van der Waals surface area contributed by atoms with Crippen molar-refractivity contribution in [2.45, 2.75) is 58.3 Å². The van der Waals surface area contributed by atoms with Gasteiger partial charge in [0.25, 0.3) is 5.91 Å². The topological polar surface area (TPSA) is 92.7 Å². The summed E-state index contributed by atoms with van der Waals surface area (Å²) in [5.74, 6) is 0.473. The predicted octanol–water partition coefficient (Wildman–Crippen LogP) is 1.56. The first-order valence-corrected chi connectivity index (χ1v) is 10.0. The van der Waals surface area contributed by atoms with E-state index in [4.69, 9.17) is 5.11 Å². The molecule has 0 fully saturated rings. The Labute approximate surface area is 132 Å². The first kappa shape index (κ1) is 20.2. The van der Waals surface area contributed by atoms with Gasteiger partial charge in [-0.25, -0.2) is 4.79 Å². The third kappa shape index (κ3) is 7.27. The van der Waals surface area contributed by atoms with Crippen LogP contribution >= 0.6 is 0 Å². The second-order valence-corrected chi connectivity index (χ2v) is 11.6. The number of nitrogens with one attached hydrogen (secondary N) is 1. The van der Waals surface area contributed by atoms with Gasteiger partial charge in [-0.1, -0.05) is 33.9 Å². The zero-order chi connectivity index (χ0) is 17.6. The average molecular weight is 327 g/mol. The van der Waals surface area contributed by atoms with Crippen LogP contribution in [0.15, 0.2) is 0 Å². The van der Waals surface area contributed by atoms with E-state index in [9.17, 15) is 14.4 Å². The molecule has 6 nitrogen and oxygen atoms in total. The number of aliphatic carboxylic acids is 1. The Morgan fingerprint density at radius 3 is 2.23 bits per heavy atom. The lowest BCUT2D eigenvalue weighted by Gasteiger charge is -2.31. The van der Waals surface area contributed by atoms with E-state index in [0.29, 0.717) is 0 Å². The van der Waals surface area contributed by atoms with Crippen molar-refractivity contribution >= 4 is 25.9 Å². The summed E-state index contributed by atoms with van der Waals surface area (Å²) < 4.78 is 4.51. The average Bonchev–Trinajstić information content (AvgIpc) is 2.33. The van der Waals surface area contributed by atoms with Crippen molar-refractivity contribution in [3.63, 3.8) is 0 Å². The minimum Gasteiger partial charge on any atom is -0.480 e. The van der Waals surface area contributed by atoms with Crippen LogP contribution in [0.5, 0.6) is 0 Å². The minimum atomic E-state index is -1.81. The van der Waals surface area contributed by atoms with Gasteiger partial charge in [-0.15, -0.1) is 11.5 Å². The van der Waals surface area contributed by atoms with Gasteiger partial charge in [0.15, 0.2) is 6.61 Å². The Kier molecular flexibility index (Phi) is 7.33. The molecule has 22 heavy (non-hydrogen) atoms. The van der Waals surface area contributed by atoms with E-state index in [1.165, 1.54) is 6.92 Å². The molecule has 0 aromatic rings. The lowest BCUT2D eigenvalue weighted by molar-refractivity contribution is -0.147. The molecule has 7 heteroatoms.